The number of hydrogen-bond acceptors (Lipinski definition) is 2. The first-order chi connectivity index (χ1) is 8.36. The molecule has 0 bridgehead atoms. The molecule has 3 rings (SSSR count). The van der Waals surface area contributed by atoms with E-state index in [4.69, 9.17) is 0 Å². The fourth-order valence-electron chi connectivity index (χ4n) is 2.75. The van der Waals surface area contributed by atoms with Gasteiger partial charge in [0.25, 0.3) is 0 Å². The minimum Gasteiger partial charge on any atom is -0.508 e. The second-order valence-corrected chi connectivity index (χ2v) is 4.72. The second kappa shape index (κ2) is 4.38. The van der Waals surface area contributed by atoms with Gasteiger partial charge in [-0.15, -0.1) is 0 Å². The fraction of sp³-hybridized carbons (Fsp3) is 0.333. The van der Waals surface area contributed by atoms with Gasteiger partial charge in [0.15, 0.2) is 0 Å². The standard InChI is InChI=1S/C15H17NO/c17-14-9-8-11-5-1-2-6-12(11)15(14)13-7-3-4-10-16-13/h1-2,5-6,8-9,13,16-17H,3-4,7,10H2. The van der Waals surface area contributed by atoms with E-state index in [1.807, 2.05) is 24.3 Å². The molecule has 1 aliphatic rings. The first-order valence-electron chi connectivity index (χ1n) is 6.30. The van der Waals surface area contributed by atoms with Crippen LogP contribution in [0.1, 0.15) is 30.9 Å². The lowest BCUT2D eigenvalue weighted by Gasteiger charge is -2.25. The van der Waals surface area contributed by atoms with Crippen LogP contribution in [0.3, 0.4) is 0 Å². The summed E-state index contributed by atoms with van der Waals surface area (Å²) in [6, 6.07) is 12.4. The molecule has 2 nitrogen and oxygen atoms in total. The number of aromatic hydroxyl groups is 1. The number of nitrogens with one attached hydrogen (secondary N) is 1. The van der Waals surface area contributed by atoms with Crippen LogP contribution in [0.5, 0.6) is 5.75 Å². The van der Waals surface area contributed by atoms with Crippen LogP contribution in [-0.4, -0.2) is 11.7 Å². The molecule has 17 heavy (non-hydrogen) atoms. The zero-order valence-electron chi connectivity index (χ0n) is 9.82. The summed E-state index contributed by atoms with van der Waals surface area (Å²) in [4.78, 5) is 0. The Labute approximate surface area is 101 Å². The normalized spacial score (nSPS) is 20.6. The van der Waals surface area contributed by atoms with Crippen LogP contribution in [0.15, 0.2) is 36.4 Å². The molecule has 2 N–H and O–H groups in total. The van der Waals surface area contributed by atoms with Crippen molar-refractivity contribution in [3.63, 3.8) is 0 Å². The van der Waals surface area contributed by atoms with E-state index in [-0.39, 0.29) is 0 Å². The molecule has 0 spiro atoms. The lowest BCUT2D eigenvalue weighted by atomic mass is 9.92. The average Bonchev–Trinajstić information content (AvgIpc) is 2.39. The highest BCUT2D eigenvalue weighted by atomic mass is 16.3. The summed E-state index contributed by atoms with van der Waals surface area (Å²) in [5.41, 5.74) is 1.07. The Balaban J connectivity index is 2.15. The monoisotopic (exact) mass is 227 g/mol. The van der Waals surface area contributed by atoms with Crippen LogP contribution >= 0.6 is 0 Å². The predicted octanol–water partition coefficient (Wildman–Crippen LogP) is 3.36. The van der Waals surface area contributed by atoms with Crippen LogP contribution in [0, 0.1) is 0 Å². The third-order valence-corrected chi connectivity index (χ3v) is 3.61. The molecule has 0 amide bonds. The molecule has 1 atom stereocenters. The third kappa shape index (κ3) is 1.89. The number of phenols is 1. The Morgan fingerprint density at radius 3 is 2.76 bits per heavy atom. The molecule has 1 fully saturated rings. The van der Waals surface area contributed by atoms with E-state index in [0.29, 0.717) is 11.8 Å². The number of rotatable bonds is 1. The van der Waals surface area contributed by atoms with Crippen molar-refractivity contribution in [3.8, 4) is 5.75 Å². The van der Waals surface area contributed by atoms with E-state index < -0.39 is 0 Å². The van der Waals surface area contributed by atoms with Crippen molar-refractivity contribution in [2.75, 3.05) is 6.54 Å². The largest absolute Gasteiger partial charge is 0.508 e. The van der Waals surface area contributed by atoms with Gasteiger partial charge in [-0.05, 0) is 36.2 Å². The van der Waals surface area contributed by atoms with Gasteiger partial charge in [0.1, 0.15) is 5.75 Å². The molecule has 2 aromatic rings. The summed E-state index contributed by atoms with van der Waals surface area (Å²) in [6.45, 7) is 1.05. The van der Waals surface area contributed by atoms with Gasteiger partial charge in [0.05, 0.1) is 0 Å². The van der Waals surface area contributed by atoms with Gasteiger partial charge in [0.2, 0.25) is 0 Å². The molecule has 88 valence electrons. The van der Waals surface area contributed by atoms with Gasteiger partial charge < -0.3 is 10.4 Å². The minimum atomic E-state index is 0.301. The third-order valence-electron chi connectivity index (χ3n) is 3.61. The molecule has 1 aliphatic heterocycles. The van der Waals surface area contributed by atoms with Crippen molar-refractivity contribution in [1.29, 1.82) is 0 Å². The Hall–Kier alpha value is -1.54. The molecular weight excluding hydrogens is 210 g/mol. The van der Waals surface area contributed by atoms with Crippen molar-refractivity contribution >= 4 is 10.8 Å². The second-order valence-electron chi connectivity index (χ2n) is 4.72. The molecule has 0 radical (unpaired) electrons. The van der Waals surface area contributed by atoms with Crippen molar-refractivity contribution in [3.05, 3.63) is 42.0 Å². The van der Waals surface area contributed by atoms with E-state index in [1.54, 1.807) is 0 Å². The topological polar surface area (TPSA) is 32.3 Å². The van der Waals surface area contributed by atoms with Crippen molar-refractivity contribution in [2.24, 2.45) is 0 Å². The van der Waals surface area contributed by atoms with Crippen LogP contribution in [0.2, 0.25) is 0 Å². The maximum atomic E-state index is 10.1. The fourth-order valence-corrected chi connectivity index (χ4v) is 2.75. The summed E-state index contributed by atoms with van der Waals surface area (Å²) in [6.07, 6.45) is 3.59. The molecule has 0 aliphatic carbocycles. The minimum absolute atomic E-state index is 0.301. The SMILES string of the molecule is Oc1ccc2ccccc2c1C1CCCCN1. The number of benzene rings is 2. The average molecular weight is 227 g/mol. The summed E-state index contributed by atoms with van der Waals surface area (Å²) in [5, 5.41) is 16.0. The van der Waals surface area contributed by atoms with E-state index >= 15 is 0 Å². The van der Waals surface area contributed by atoms with Crippen molar-refractivity contribution < 1.29 is 5.11 Å². The van der Waals surface area contributed by atoms with Gasteiger partial charge in [-0.2, -0.15) is 0 Å². The predicted molar refractivity (Wildman–Crippen MR) is 70.2 cm³/mol. The highest BCUT2D eigenvalue weighted by molar-refractivity contribution is 5.88. The van der Waals surface area contributed by atoms with Crippen molar-refractivity contribution in [2.45, 2.75) is 25.3 Å². The Morgan fingerprint density at radius 2 is 1.94 bits per heavy atom. The number of fused-ring (bicyclic) bond motifs is 1. The maximum Gasteiger partial charge on any atom is 0.120 e. The van der Waals surface area contributed by atoms with Crippen LogP contribution in [-0.2, 0) is 0 Å². The molecule has 2 heteroatoms. The van der Waals surface area contributed by atoms with Crippen LogP contribution in [0.4, 0.5) is 0 Å². The van der Waals surface area contributed by atoms with Gasteiger partial charge in [0, 0.05) is 11.6 Å². The zero-order valence-corrected chi connectivity index (χ0v) is 9.82. The first-order valence-corrected chi connectivity index (χ1v) is 6.30. The molecule has 0 saturated carbocycles. The molecule has 1 unspecified atom stereocenters. The lowest BCUT2D eigenvalue weighted by molar-refractivity contribution is 0.393. The van der Waals surface area contributed by atoms with Gasteiger partial charge >= 0.3 is 0 Å². The summed E-state index contributed by atoms with van der Waals surface area (Å²) < 4.78 is 0. The maximum absolute atomic E-state index is 10.1. The lowest BCUT2D eigenvalue weighted by Crippen LogP contribution is -2.26. The van der Waals surface area contributed by atoms with Crippen LogP contribution < -0.4 is 5.32 Å². The Bertz CT molecular complexity index is 529. The zero-order chi connectivity index (χ0) is 11.7. The Morgan fingerprint density at radius 1 is 1.06 bits per heavy atom. The highest BCUT2D eigenvalue weighted by Gasteiger charge is 2.19. The molecule has 1 saturated heterocycles. The Kier molecular flexibility index (Phi) is 2.73. The van der Waals surface area contributed by atoms with Crippen LogP contribution in [0.25, 0.3) is 10.8 Å². The molecule has 2 aromatic carbocycles. The number of hydrogen-bond donors (Lipinski definition) is 2. The summed E-state index contributed by atoms with van der Waals surface area (Å²) >= 11 is 0. The van der Waals surface area contributed by atoms with E-state index in [9.17, 15) is 5.11 Å². The molecule has 0 aromatic heterocycles. The smallest absolute Gasteiger partial charge is 0.120 e. The van der Waals surface area contributed by atoms with E-state index in [1.165, 1.54) is 23.6 Å². The highest BCUT2D eigenvalue weighted by Crippen LogP contribution is 2.35. The summed E-state index contributed by atoms with van der Waals surface area (Å²) in [7, 11) is 0. The van der Waals surface area contributed by atoms with E-state index in [2.05, 4.69) is 17.4 Å². The molecule has 1 heterocycles. The van der Waals surface area contributed by atoms with Crippen molar-refractivity contribution in [1.82, 2.24) is 5.32 Å². The quantitative estimate of drug-likeness (QED) is 0.783. The first kappa shape index (κ1) is 10.6. The number of phenolic OH excluding ortho intramolecular Hbond substituents is 1. The van der Waals surface area contributed by atoms with Gasteiger partial charge in [-0.25, -0.2) is 0 Å². The van der Waals surface area contributed by atoms with Gasteiger partial charge in [-0.3, -0.25) is 0 Å². The van der Waals surface area contributed by atoms with Gasteiger partial charge in [-0.1, -0.05) is 36.8 Å². The molecular formula is C15H17NO. The van der Waals surface area contributed by atoms with E-state index in [0.717, 1.165) is 18.5 Å². The summed E-state index contributed by atoms with van der Waals surface area (Å²) in [5.74, 6) is 0.420. The number of piperidine rings is 1.